The van der Waals surface area contributed by atoms with E-state index in [4.69, 9.17) is 9.47 Å². The second-order valence-electron chi connectivity index (χ2n) is 5.09. The third-order valence-electron chi connectivity index (χ3n) is 3.84. The molecule has 3 aliphatic rings. The zero-order valence-corrected chi connectivity index (χ0v) is 10.4. The van der Waals surface area contributed by atoms with Crippen LogP contribution < -0.4 is 0 Å². The summed E-state index contributed by atoms with van der Waals surface area (Å²) in [6, 6.07) is 0. The van der Waals surface area contributed by atoms with E-state index in [1.54, 1.807) is 0 Å². The number of carbonyl (C=O) groups is 3. The van der Waals surface area contributed by atoms with Crippen LogP contribution in [0, 0.1) is 5.92 Å². The van der Waals surface area contributed by atoms with Gasteiger partial charge in [0.25, 0.3) is 11.8 Å². The van der Waals surface area contributed by atoms with Gasteiger partial charge in [0, 0.05) is 25.9 Å². The van der Waals surface area contributed by atoms with Crippen molar-refractivity contribution in [3.8, 4) is 0 Å². The topological polar surface area (TPSA) is 82.1 Å². The summed E-state index contributed by atoms with van der Waals surface area (Å²) < 4.78 is 10.6. The Labute approximate surface area is 109 Å². The molecule has 0 bridgehead atoms. The molecule has 104 valence electrons. The molecular formula is C12H15NO6. The maximum Gasteiger partial charge on any atom is 0.534 e. The van der Waals surface area contributed by atoms with Crippen molar-refractivity contribution in [3.63, 3.8) is 0 Å². The van der Waals surface area contributed by atoms with Gasteiger partial charge < -0.3 is 9.47 Å². The third-order valence-corrected chi connectivity index (χ3v) is 3.84. The molecule has 1 saturated carbocycles. The van der Waals surface area contributed by atoms with Gasteiger partial charge in [-0.05, 0) is 18.8 Å². The van der Waals surface area contributed by atoms with Crippen LogP contribution in [0.3, 0.4) is 0 Å². The first kappa shape index (κ1) is 12.4. The van der Waals surface area contributed by atoms with E-state index in [0.717, 1.165) is 19.4 Å². The van der Waals surface area contributed by atoms with Crippen molar-refractivity contribution in [1.29, 1.82) is 0 Å². The molecule has 19 heavy (non-hydrogen) atoms. The van der Waals surface area contributed by atoms with E-state index in [9.17, 15) is 14.4 Å². The number of nitrogens with zero attached hydrogens (tertiary/aromatic N) is 1. The molecule has 3 atom stereocenters. The fourth-order valence-corrected chi connectivity index (χ4v) is 2.90. The van der Waals surface area contributed by atoms with Crippen molar-refractivity contribution in [2.75, 3.05) is 6.61 Å². The van der Waals surface area contributed by atoms with E-state index in [1.807, 2.05) is 0 Å². The summed E-state index contributed by atoms with van der Waals surface area (Å²) in [4.78, 5) is 38.7. The molecule has 3 fully saturated rings. The Morgan fingerprint density at radius 3 is 2.63 bits per heavy atom. The van der Waals surface area contributed by atoms with Crippen LogP contribution in [0.4, 0.5) is 4.79 Å². The van der Waals surface area contributed by atoms with Gasteiger partial charge in [0.1, 0.15) is 6.10 Å². The standard InChI is InChI=1S/C12H15NO6/c14-10-1-2-11(15)13(10)19-12(16)18-8-5-7-3-4-17-9(7)6-8/h7-9H,1-6H2/t7-,8+,9+/m1/s1. The predicted octanol–water partition coefficient (Wildman–Crippen LogP) is 0.771. The zero-order valence-electron chi connectivity index (χ0n) is 10.4. The van der Waals surface area contributed by atoms with Gasteiger partial charge in [0.15, 0.2) is 0 Å². The number of fused-ring (bicyclic) bond motifs is 1. The minimum Gasteiger partial charge on any atom is -0.429 e. The lowest BCUT2D eigenvalue weighted by molar-refractivity contribution is -0.178. The van der Waals surface area contributed by atoms with Gasteiger partial charge in [-0.1, -0.05) is 5.06 Å². The average Bonchev–Trinajstić information content (AvgIpc) is 2.99. The summed E-state index contributed by atoms with van der Waals surface area (Å²) in [6.45, 7) is 0.767. The molecule has 2 aliphatic heterocycles. The Hall–Kier alpha value is -1.63. The van der Waals surface area contributed by atoms with Crippen LogP contribution in [0.5, 0.6) is 0 Å². The van der Waals surface area contributed by atoms with E-state index in [2.05, 4.69) is 4.84 Å². The first-order valence-electron chi connectivity index (χ1n) is 6.49. The van der Waals surface area contributed by atoms with E-state index in [1.165, 1.54) is 0 Å². The third kappa shape index (κ3) is 2.42. The van der Waals surface area contributed by atoms with Gasteiger partial charge in [0.2, 0.25) is 0 Å². The minimum absolute atomic E-state index is 0.0769. The molecule has 0 spiro atoms. The Bertz CT molecular complexity index is 394. The summed E-state index contributed by atoms with van der Waals surface area (Å²) in [7, 11) is 0. The second-order valence-corrected chi connectivity index (χ2v) is 5.09. The summed E-state index contributed by atoms with van der Waals surface area (Å²) in [6.07, 6.45) is 1.46. The number of rotatable bonds is 2. The molecule has 7 nitrogen and oxygen atoms in total. The highest BCUT2D eigenvalue weighted by Crippen LogP contribution is 2.37. The molecule has 1 aliphatic carbocycles. The highest BCUT2D eigenvalue weighted by Gasteiger charge is 2.41. The van der Waals surface area contributed by atoms with Crippen LogP contribution in [0.25, 0.3) is 0 Å². The molecule has 0 N–H and O–H groups in total. The number of ether oxygens (including phenoxy) is 2. The van der Waals surface area contributed by atoms with Gasteiger partial charge >= 0.3 is 6.16 Å². The number of hydrogen-bond acceptors (Lipinski definition) is 6. The summed E-state index contributed by atoms with van der Waals surface area (Å²) in [5.74, 6) is -0.574. The molecule has 0 aromatic heterocycles. The van der Waals surface area contributed by atoms with Crippen LogP contribution in [0.2, 0.25) is 0 Å². The van der Waals surface area contributed by atoms with Crippen molar-refractivity contribution < 1.29 is 28.7 Å². The lowest BCUT2D eigenvalue weighted by Crippen LogP contribution is -2.33. The molecule has 0 unspecified atom stereocenters. The highest BCUT2D eigenvalue weighted by atomic mass is 16.8. The van der Waals surface area contributed by atoms with Crippen molar-refractivity contribution in [2.24, 2.45) is 5.92 Å². The number of hydroxylamine groups is 2. The number of carbonyl (C=O) groups excluding carboxylic acids is 3. The SMILES string of the molecule is O=C(O[C@H]1C[C@H]2CCO[C@H]2C1)ON1C(=O)CCC1=O. The zero-order chi connectivity index (χ0) is 13.4. The van der Waals surface area contributed by atoms with Gasteiger partial charge in [-0.25, -0.2) is 4.79 Å². The first-order valence-corrected chi connectivity index (χ1v) is 6.49. The lowest BCUT2D eigenvalue weighted by atomic mass is 10.1. The summed E-state index contributed by atoms with van der Waals surface area (Å²) >= 11 is 0. The molecule has 2 saturated heterocycles. The maximum atomic E-state index is 11.5. The Balaban J connectivity index is 1.49. The van der Waals surface area contributed by atoms with Crippen molar-refractivity contribution in [3.05, 3.63) is 0 Å². The monoisotopic (exact) mass is 269 g/mol. The molecule has 7 heteroatoms. The first-order chi connectivity index (χ1) is 9.13. The van der Waals surface area contributed by atoms with Gasteiger partial charge in [0.05, 0.1) is 6.10 Å². The van der Waals surface area contributed by atoms with Crippen LogP contribution in [0.15, 0.2) is 0 Å². The Morgan fingerprint density at radius 1 is 1.21 bits per heavy atom. The summed E-state index contributed by atoms with van der Waals surface area (Å²) in [5, 5.41) is 0.495. The fourth-order valence-electron chi connectivity index (χ4n) is 2.90. The molecule has 0 radical (unpaired) electrons. The smallest absolute Gasteiger partial charge is 0.429 e. The largest absolute Gasteiger partial charge is 0.534 e. The van der Waals surface area contributed by atoms with Crippen LogP contribution in [-0.4, -0.2) is 41.8 Å². The van der Waals surface area contributed by atoms with E-state index in [-0.39, 0.29) is 25.0 Å². The predicted molar refractivity (Wildman–Crippen MR) is 59.5 cm³/mol. The fraction of sp³-hybridized carbons (Fsp3) is 0.750. The Morgan fingerprint density at radius 2 is 1.95 bits per heavy atom. The van der Waals surface area contributed by atoms with E-state index >= 15 is 0 Å². The maximum absolute atomic E-state index is 11.5. The average molecular weight is 269 g/mol. The van der Waals surface area contributed by atoms with Crippen molar-refractivity contribution >= 4 is 18.0 Å². The number of amides is 2. The highest BCUT2D eigenvalue weighted by molar-refractivity contribution is 6.01. The van der Waals surface area contributed by atoms with Crippen molar-refractivity contribution in [1.82, 2.24) is 5.06 Å². The second kappa shape index (κ2) is 4.80. The normalized spacial score (nSPS) is 33.7. The van der Waals surface area contributed by atoms with Crippen LogP contribution in [-0.2, 0) is 23.9 Å². The molecule has 0 aromatic rings. The number of imide groups is 1. The molecular weight excluding hydrogens is 254 g/mol. The van der Waals surface area contributed by atoms with Crippen LogP contribution >= 0.6 is 0 Å². The van der Waals surface area contributed by atoms with Gasteiger partial charge in [-0.3, -0.25) is 14.4 Å². The van der Waals surface area contributed by atoms with Crippen molar-refractivity contribution in [2.45, 2.75) is 44.3 Å². The molecule has 2 amide bonds. The van der Waals surface area contributed by atoms with E-state index in [0.29, 0.717) is 17.4 Å². The molecule has 3 rings (SSSR count). The van der Waals surface area contributed by atoms with Crippen LogP contribution in [0.1, 0.15) is 32.1 Å². The van der Waals surface area contributed by atoms with Gasteiger partial charge in [-0.2, -0.15) is 0 Å². The van der Waals surface area contributed by atoms with E-state index < -0.39 is 18.0 Å². The quantitative estimate of drug-likeness (QED) is 0.544. The Kier molecular flexibility index (Phi) is 3.14. The lowest BCUT2D eigenvalue weighted by Gasteiger charge is -2.16. The summed E-state index contributed by atoms with van der Waals surface area (Å²) in [5.41, 5.74) is 0. The molecule has 0 aromatic carbocycles. The minimum atomic E-state index is -0.992. The molecule has 2 heterocycles. The number of hydrogen-bond donors (Lipinski definition) is 0. The van der Waals surface area contributed by atoms with Gasteiger partial charge in [-0.15, -0.1) is 0 Å².